The normalized spacial score (nSPS) is 8.67. The molecular formula is C6H9O3. The van der Waals surface area contributed by atoms with Gasteiger partial charge in [-0.25, -0.2) is 0 Å². The standard InChI is InChI=1S/C6H9O3/c1-3-9-6(8)4-5(2)7/h2-4H2,1H3. The van der Waals surface area contributed by atoms with E-state index in [-0.39, 0.29) is 6.42 Å². The van der Waals surface area contributed by atoms with Crippen LogP contribution in [-0.2, 0) is 14.3 Å². The van der Waals surface area contributed by atoms with Crippen LogP contribution >= 0.6 is 0 Å². The molecular weight excluding hydrogens is 120 g/mol. The SMILES string of the molecule is [CH2]C(=O)CC(=O)OCC. The van der Waals surface area contributed by atoms with Gasteiger partial charge in [0.05, 0.1) is 6.61 Å². The second-order valence-electron chi connectivity index (χ2n) is 1.52. The molecule has 0 heterocycles. The summed E-state index contributed by atoms with van der Waals surface area (Å²) in [5, 5.41) is 0. The van der Waals surface area contributed by atoms with Crippen LogP contribution in [0.4, 0.5) is 0 Å². The monoisotopic (exact) mass is 129 g/mol. The zero-order valence-corrected chi connectivity index (χ0v) is 5.35. The molecule has 0 bridgehead atoms. The summed E-state index contributed by atoms with van der Waals surface area (Å²) in [7, 11) is 0. The van der Waals surface area contributed by atoms with Crippen LogP contribution in [0.3, 0.4) is 0 Å². The first-order chi connectivity index (χ1) is 4.16. The number of esters is 1. The highest BCUT2D eigenvalue weighted by molar-refractivity contribution is 5.97. The number of Topliss-reactive ketones (excluding diaryl/α,β-unsaturated/α-hetero) is 1. The van der Waals surface area contributed by atoms with Gasteiger partial charge in [-0.1, -0.05) is 0 Å². The summed E-state index contributed by atoms with van der Waals surface area (Å²) >= 11 is 0. The third kappa shape index (κ3) is 5.00. The Morgan fingerprint density at radius 2 is 2.11 bits per heavy atom. The quantitative estimate of drug-likeness (QED) is 0.407. The number of carbonyl (C=O) groups excluding carboxylic acids is 2. The Morgan fingerprint density at radius 3 is 2.44 bits per heavy atom. The molecule has 0 aromatic heterocycles. The van der Waals surface area contributed by atoms with Crippen LogP contribution in [0.1, 0.15) is 13.3 Å². The van der Waals surface area contributed by atoms with Crippen LogP contribution in [0.25, 0.3) is 0 Å². The van der Waals surface area contributed by atoms with Gasteiger partial charge in [0.25, 0.3) is 0 Å². The molecule has 0 unspecified atom stereocenters. The Labute approximate surface area is 54.0 Å². The second kappa shape index (κ2) is 4.06. The highest BCUT2D eigenvalue weighted by Crippen LogP contribution is 1.85. The fourth-order valence-electron chi connectivity index (χ4n) is 0.373. The maximum absolute atomic E-state index is 10.4. The predicted molar refractivity (Wildman–Crippen MR) is 31.6 cm³/mol. The predicted octanol–water partition coefficient (Wildman–Crippen LogP) is 0.343. The Balaban J connectivity index is 3.39. The first-order valence-corrected chi connectivity index (χ1v) is 2.67. The molecule has 0 amide bonds. The molecule has 0 spiro atoms. The van der Waals surface area contributed by atoms with E-state index in [1.165, 1.54) is 0 Å². The Hall–Kier alpha value is -0.860. The molecule has 9 heavy (non-hydrogen) atoms. The van der Waals surface area contributed by atoms with Gasteiger partial charge in [-0.15, -0.1) is 0 Å². The maximum Gasteiger partial charge on any atom is 0.313 e. The van der Waals surface area contributed by atoms with Gasteiger partial charge in [-0.3, -0.25) is 9.59 Å². The number of ether oxygens (including phenoxy) is 1. The van der Waals surface area contributed by atoms with Crippen molar-refractivity contribution in [3.63, 3.8) is 0 Å². The number of ketones is 1. The van der Waals surface area contributed by atoms with Crippen molar-refractivity contribution in [2.75, 3.05) is 6.61 Å². The highest BCUT2D eigenvalue weighted by Gasteiger charge is 2.03. The first-order valence-electron chi connectivity index (χ1n) is 2.67. The number of hydrogen-bond acceptors (Lipinski definition) is 3. The number of rotatable bonds is 3. The van der Waals surface area contributed by atoms with Gasteiger partial charge in [0.15, 0.2) is 0 Å². The van der Waals surface area contributed by atoms with Crippen molar-refractivity contribution in [2.45, 2.75) is 13.3 Å². The molecule has 0 aromatic carbocycles. The molecule has 0 N–H and O–H groups in total. The lowest BCUT2D eigenvalue weighted by Gasteiger charge is -1.95. The van der Waals surface area contributed by atoms with E-state index in [1.54, 1.807) is 6.92 Å². The smallest absolute Gasteiger partial charge is 0.313 e. The van der Waals surface area contributed by atoms with E-state index >= 15 is 0 Å². The molecule has 0 atom stereocenters. The van der Waals surface area contributed by atoms with Crippen molar-refractivity contribution in [1.29, 1.82) is 0 Å². The molecule has 0 aliphatic heterocycles. The zero-order chi connectivity index (χ0) is 7.28. The average molecular weight is 129 g/mol. The average Bonchev–Trinajstić information content (AvgIpc) is 1.63. The summed E-state index contributed by atoms with van der Waals surface area (Å²) in [6, 6.07) is 0. The Morgan fingerprint density at radius 1 is 1.56 bits per heavy atom. The minimum absolute atomic E-state index is 0.214. The van der Waals surface area contributed by atoms with Gasteiger partial charge in [-0.05, 0) is 6.92 Å². The Bertz CT molecular complexity index is 117. The van der Waals surface area contributed by atoms with E-state index in [0.29, 0.717) is 6.61 Å². The van der Waals surface area contributed by atoms with Gasteiger partial charge in [0, 0.05) is 6.92 Å². The van der Waals surface area contributed by atoms with E-state index < -0.39 is 11.8 Å². The molecule has 0 fully saturated rings. The van der Waals surface area contributed by atoms with Gasteiger partial charge in [0.1, 0.15) is 12.2 Å². The second-order valence-corrected chi connectivity index (χ2v) is 1.52. The van der Waals surface area contributed by atoms with Crippen molar-refractivity contribution in [3.8, 4) is 0 Å². The van der Waals surface area contributed by atoms with Crippen LogP contribution in [-0.4, -0.2) is 18.4 Å². The van der Waals surface area contributed by atoms with Crippen molar-refractivity contribution in [1.82, 2.24) is 0 Å². The van der Waals surface area contributed by atoms with Crippen LogP contribution in [0.2, 0.25) is 0 Å². The minimum Gasteiger partial charge on any atom is -0.466 e. The largest absolute Gasteiger partial charge is 0.466 e. The van der Waals surface area contributed by atoms with Crippen molar-refractivity contribution in [2.24, 2.45) is 0 Å². The van der Waals surface area contributed by atoms with Gasteiger partial charge in [-0.2, -0.15) is 0 Å². The number of carbonyl (C=O) groups is 2. The lowest BCUT2D eigenvalue weighted by atomic mass is 10.3. The van der Waals surface area contributed by atoms with E-state index in [2.05, 4.69) is 11.7 Å². The molecule has 0 rings (SSSR count). The van der Waals surface area contributed by atoms with E-state index in [9.17, 15) is 9.59 Å². The van der Waals surface area contributed by atoms with Gasteiger partial charge < -0.3 is 4.74 Å². The fourth-order valence-corrected chi connectivity index (χ4v) is 0.373. The molecule has 0 saturated heterocycles. The summed E-state index contributed by atoms with van der Waals surface area (Å²) in [6.45, 7) is 5.02. The van der Waals surface area contributed by atoms with E-state index in [4.69, 9.17) is 0 Å². The third-order valence-corrected chi connectivity index (χ3v) is 0.647. The summed E-state index contributed by atoms with van der Waals surface area (Å²) in [5.41, 5.74) is 0. The lowest BCUT2D eigenvalue weighted by Crippen LogP contribution is -2.08. The molecule has 0 aromatic rings. The Kier molecular flexibility index (Phi) is 3.67. The van der Waals surface area contributed by atoms with Gasteiger partial charge >= 0.3 is 5.97 Å². The van der Waals surface area contributed by atoms with E-state index in [1.807, 2.05) is 0 Å². The maximum atomic E-state index is 10.4. The first kappa shape index (κ1) is 8.14. The topological polar surface area (TPSA) is 43.4 Å². The molecule has 51 valence electrons. The minimum atomic E-state index is -0.502. The van der Waals surface area contributed by atoms with E-state index in [0.717, 1.165) is 0 Å². The fraction of sp³-hybridized carbons (Fsp3) is 0.500. The lowest BCUT2D eigenvalue weighted by molar-refractivity contribution is -0.144. The molecule has 3 heteroatoms. The highest BCUT2D eigenvalue weighted by atomic mass is 16.5. The van der Waals surface area contributed by atoms with Crippen molar-refractivity contribution in [3.05, 3.63) is 6.92 Å². The van der Waals surface area contributed by atoms with Crippen molar-refractivity contribution >= 4 is 11.8 Å². The summed E-state index contributed by atoms with van der Waals surface area (Å²) in [4.78, 5) is 20.5. The number of hydrogen-bond donors (Lipinski definition) is 0. The summed E-state index contributed by atoms with van der Waals surface area (Å²) < 4.78 is 4.45. The molecule has 0 aliphatic carbocycles. The molecule has 1 radical (unpaired) electrons. The molecule has 0 aliphatic rings. The molecule has 0 saturated carbocycles. The van der Waals surface area contributed by atoms with Crippen molar-refractivity contribution < 1.29 is 14.3 Å². The zero-order valence-electron chi connectivity index (χ0n) is 5.35. The third-order valence-electron chi connectivity index (χ3n) is 0.647. The van der Waals surface area contributed by atoms with Crippen LogP contribution < -0.4 is 0 Å². The van der Waals surface area contributed by atoms with Crippen LogP contribution in [0.5, 0.6) is 0 Å². The summed E-state index contributed by atoms with van der Waals surface area (Å²) in [5.74, 6) is -0.911. The molecule has 3 nitrogen and oxygen atoms in total. The summed E-state index contributed by atoms with van der Waals surface area (Å²) in [6.07, 6.45) is -0.214. The van der Waals surface area contributed by atoms with Gasteiger partial charge in [0.2, 0.25) is 0 Å². The van der Waals surface area contributed by atoms with Crippen LogP contribution in [0.15, 0.2) is 0 Å². The van der Waals surface area contributed by atoms with Crippen LogP contribution in [0, 0.1) is 6.92 Å².